The van der Waals surface area contributed by atoms with Gasteiger partial charge < -0.3 is 35.8 Å². The van der Waals surface area contributed by atoms with Crippen molar-refractivity contribution < 1.29 is 42.1 Å². The van der Waals surface area contributed by atoms with Crippen molar-refractivity contribution in [3.63, 3.8) is 0 Å². The molecular weight excluding hydrogens is 509 g/mol. The summed E-state index contributed by atoms with van der Waals surface area (Å²) in [5, 5.41) is 15.2. The van der Waals surface area contributed by atoms with Gasteiger partial charge in [0, 0.05) is 38.3 Å². The van der Waals surface area contributed by atoms with Crippen molar-refractivity contribution in [2.75, 3.05) is 32.2 Å². The van der Waals surface area contributed by atoms with E-state index in [1.165, 1.54) is 7.11 Å². The van der Waals surface area contributed by atoms with Gasteiger partial charge in [-0.05, 0) is 36.8 Å². The van der Waals surface area contributed by atoms with Gasteiger partial charge in [-0.15, -0.1) is 0 Å². The lowest BCUT2D eigenvalue weighted by Crippen LogP contribution is -2.58. The molecule has 4 atom stereocenters. The Morgan fingerprint density at radius 1 is 1.18 bits per heavy atom. The molecule has 0 aliphatic carbocycles. The van der Waals surface area contributed by atoms with E-state index in [9.17, 15) is 32.7 Å². The summed E-state index contributed by atoms with van der Waals surface area (Å²) >= 11 is 0. The lowest BCUT2D eigenvalue weighted by Gasteiger charge is -2.37. The second-order valence-electron chi connectivity index (χ2n) is 10.4. The van der Waals surface area contributed by atoms with Gasteiger partial charge in [-0.1, -0.05) is 32.0 Å². The van der Waals surface area contributed by atoms with Crippen LogP contribution in [-0.4, -0.2) is 80.3 Å². The van der Waals surface area contributed by atoms with E-state index < -0.39 is 47.9 Å². The number of hydrogen-bond donors (Lipinski definition) is 4. The molecule has 3 amide bonds. The van der Waals surface area contributed by atoms with Crippen LogP contribution in [0.2, 0.25) is 0 Å². The zero-order valence-electron chi connectivity index (χ0n) is 22.2. The first-order valence-electron chi connectivity index (χ1n) is 12.1. The number of ether oxygens (including phenoxy) is 2. The fourth-order valence-electron chi connectivity index (χ4n) is 4.36. The number of alkyl carbamates (subject to hydrolysis) is 1. The van der Waals surface area contributed by atoms with Gasteiger partial charge in [0.2, 0.25) is 11.5 Å². The molecule has 38 heavy (non-hydrogen) atoms. The number of anilines is 1. The predicted octanol–water partition coefficient (Wildman–Crippen LogP) is 1.88. The summed E-state index contributed by atoms with van der Waals surface area (Å²) in [4.78, 5) is 38.8. The maximum atomic E-state index is 13.4. The topological polar surface area (TPSA) is 143 Å². The van der Waals surface area contributed by atoms with Crippen LogP contribution in [0.1, 0.15) is 39.2 Å². The van der Waals surface area contributed by atoms with E-state index in [-0.39, 0.29) is 31.3 Å². The van der Waals surface area contributed by atoms with Crippen LogP contribution in [0.4, 0.5) is 23.7 Å². The number of amides is 3. The van der Waals surface area contributed by atoms with Crippen LogP contribution < -0.4 is 21.3 Å². The maximum absolute atomic E-state index is 13.4. The third-order valence-electron chi connectivity index (χ3n) is 6.73. The van der Waals surface area contributed by atoms with E-state index in [1.54, 1.807) is 18.7 Å². The minimum Gasteiger partial charge on any atom is -0.453 e. The molecule has 5 N–H and O–H groups in total. The van der Waals surface area contributed by atoms with Crippen molar-refractivity contribution in [3.8, 4) is 0 Å². The minimum atomic E-state index is -4.96. The van der Waals surface area contributed by atoms with Gasteiger partial charge in [0.1, 0.15) is 0 Å². The number of para-hydroxylation sites is 1. The molecule has 214 valence electrons. The molecule has 1 heterocycles. The summed E-state index contributed by atoms with van der Waals surface area (Å²) < 4.78 is 48.6. The van der Waals surface area contributed by atoms with Crippen molar-refractivity contribution in [2.24, 2.45) is 11.1 Å². The SMILES string of the molecule is COC(=O)NC1Cc2ccccc2N(C(=O)CC(C)(C)C[C@H](N)[C@@H](O)CNC(=O)[C@](C)(OC)C(F)(F)F)C1. The Balaban J connectivity index is 2.03. The number of nitrogens with two attached hydrogens (primary N) is 1. The van der Waals surface area contributed by atoms with E-state index >= 15 is 0 Å². The Hall–Kier alpha value is -2.90. The summed E-state index contributed by atoms with van der Waals surface area (Å²) in [6.45, 7) is 3.86. The highest BCUT2D eigenvalue weighted by molar-refractivity contribution is 5.95. The number of nitrogens with zero attached hydrogens (tertiary/aromatic N) is 1. The number of aliphatic hydroxyl groups excluding tert-OH is 1. The largest absolute Gasteiger partial charge is 0.453 e. The third-order valence-corrected chi connectivity index (χ3v) is 6.73. The molecule has 0 aromatic heterocycles. The Labute approximate surface area is 220 Å². The zero-order valence-corrected chi connectivity index (χ0v) is 22.2. The predicted molar refractivity (Wildman–Crippen MR) is 133 cm³/mol. The number of benzene rings is 1. The fraction of sp³-hybridized carbons (Fsp3) is 0.640. The van der Waals surface area contributed by atoms with Crippen LogP contribution in [0, 0.1) is 5.41 Å². The highest BCUT2D eigenvalue weighted by atomic mass is 19.4. The molecule has 1 aromatic carbocycles. The quantitative estimate of drug-likeness (QED) is 0.351. The Bertz CT molecular complexity index is 1010. The number of halogens is 3. The van der Waals surface area contributed by atoms with Crippen LogP contribution in [0.25, 0.3) is 0 Å². The lowest BCUT2D eigenvalue weighted by molar-refractivity contribution is -0.253. The third kappa shape index (κ3) is 7.58. The number of methoxy groups -OCH3 is 2. The molecule has 1 aliphatic heterocycles. The number of rotatable bonds is 10. The molecule has 0 saturated heterocycles. The molecule has 0 spiro atoms. The van der Waals surface area contributed by atoms with Crippen molar-refractivity contribution in [1.29, 1.82) is 0 Å². The average molecular weight is 547 g/mol. The van der Waals surface area contributed by atoms with Crippen molar-refractivity contribution in [3.05, 3.63) is 29.8 Å². The second kappa shape index (κ2) is 12.3. The highest BCUT2D eigenvalue weighted by Gasteiger charge is 2.57. The summed E-state index contributed by atoms with van der Waals surface area (Å²) in [6.07, 6.45) is -6.23. The van der Waals surface area contributed by atoms with Crippen molar-refractivity contribution in [2.45, 2.75) is 70.0 Å². The number of nitrogens with one attached hydrogen (secondary N) is 2. The maximum Gasteiger partial charge on any atom is 0.426 e. The van der Waals surface area contributed by atoms with Crippen LogP contribution in [0.3, 0.4) is 0 Å². The molecule has 0 saturated carbocycles. The van der Waals surface area contributed by atoms with Gasteiger partial charge >= 0.3 is 12.3 Å². The van der Waals surface area contributed by atoms with Crippen LogP contribution in [-0.2, 0) is 25.5 Å². The monoisotopic (exact) mass is 546 g/mol. The number of fused-ring (bicyclic) bond motifs is 1. The van der Waals surface area contributed by atoms with Crippen molar-refractivity contribution >= 4 is 23.6 Å². The molecule has 13 heteroatoms. The number of carbonyl (C=O) groups excluding carboxylic acids is 3. The van der Waals surface area contributed by atoms with Crippen LogP contribution in [0.15, 0.2) is 24.3 Å². The molecule has 0 fully saturated rings. The first-order chi connectivity index (χ1) is 17.5. The number of hydrogen-bond acceptors (Lipinski definition) is 7. The lowest BCUT2D eigenvalue weighted by atomic mass is 9.80. The van der Waals surface area contributed by atoms with Gasteiger partial charge in [0.25, 0.3) is 5.91 Å². The molecule has 0 bridgehead atoms. The molecule has 1 unspecified atom stereocenters. The van der Waals surface area contributed by atoms with E-state index in [0.717, 1.165) is 18.4 Å². The van der Waals surface area contributed by atoms with E-state index in [1.807, 2.05) is 29.6 Å². The highest BCUT2D eigenvalue weighted by Crippen LogP contribution is 2.34. The minimum absolute atomic E-state index is 0.0366. The zero-order chi connectivity index (χ0) is 28.9. The van der Waals surface area contributed by atoms with Gasteiger partial charge in [-0.25, -0.2) is 4.79 Å². The number of alkyl halides is 3. The summed E-state index contributed by atoms with van der Waals surface area (Å²) in [5.41, 5.74) is 3.92. The molecule has 2 rings (SSSR count). The Kier molecular flexibility index (Phi) is 10.1. The number of aliphatic hydroxyl groups is 1. The Morgan fingerprint density at radius 2 is 1.82 bits per heavy atom. The average Bonchev–Trinajstić information content (AvgIpc) is 2.84. The molecule has 10 nitrogen and oxygen atoms in total. The van der Waals surface area contributed by atoms with E-state index in [4.69, 9.17) is 5.73 Å². The van der Waals surface area contributed by atoms with Gasteiger partial charge in [0.15, 0.2) is 0 Å². The standard InChI is InChI=1S/C25H37F3N4O6/c1-23(2,11-17(29)19(33)13-30-21(35)24(3,38-5)25(26,27)28)12-20(34)32-14-16(31-22(36)37-4)10-15-8-6-7-9-18(15)32/h6-9,16-17,19,33H,10-14,29H2,1-5H3,(H,30,35)(H,31,36)/t16?,17-,19-,24-/m0/s1. The van der Waals surface area contributed by atoms with Crippen molar-refractivity contribution in [1.82, 2.24) is 10.6 Å². The summed E-state index contributed by atoms with van der Waals surface area (Å²) in [6, 6.07) is 6.05. The van der Waals surface area contributed by atoms with Gasteiger partial charge in [-0.3, -0.25) is 9.59 Å². The van der Waals surface area contributed by atoms with Gasteiger partial charge in [-0.2, -0.15) is 13.2 Å². The molecule has 1 aromatic rings. The Morgan fingerprint density at radius 3 is 2.39 bits per heavy atom. The summed E-state index contributed by atoms with van der Waals surface area (Å²) in [7, 11) is 2.02. The molecular formula is C25H37F3N4O6. The summed E-state index contributed by atoms with van der Waals surface area (Å²) in [5.74, 6) is -1.68. The molecule has 1 aliphatic rings. The van der Waals surface area contributed by atoms with Crippen LogP contribution >= 0.6 is 0 Å². The van der Waals surface area contributed by atoms with Crippen LogP contribution in [0.5, 0.6) is 0 Å². The number of carbonyl (C=O) groups is 3. The fourth-order valence-corrected chi connectivity index (χ4v) is 4.36. The molecule has 0 radical (unpaired) electrons. The first kappa shape index (κ1) is 31.3. The second-order valence-corrected chi connectivity index (χ2v) is 10.4. The first-order valence-corrected chi connectivity index (χ1v) is 12.1. The normalized spacial score (nSPS) is 19.0. The van der Waals surface area contributed by atoms with E-state index in [2.05, 4.69) is 14.8 Å². The van der Waals surface area contributed by atoms with E-state index in [0.29, 0.717) is 13.3 Å². The smallest absolute Gasteiger partial charge is 0.426 e. The van der Waals surface area contributed by atoms with Gasteiger partial charge in [0.05, 0.1) is 19.3 Å².